The minimum atomic E-state index is -0.0569. The number of hydrogen-bond acceptors (Lipinski definition) is 5. The van der Waals surface area contributed by atoms with Crippen molar-refractivity contribution in [3.63, 3.8) is 0 Å². The van der Waals surface area contributed by atoms with Crippen LogP contribution in [0, 0.1) is 0 Å². The van der Waals surface area contributed by atoms with E-state index in [1.54, 1.807) is 7.11 Å². The smallest absolute Gasteiger partial charge is 0.247 e. The van der Waals surface area contributed by atoms with Gasteiger partial charge in [0.2, 0.25) is 5.95 Å². The average Bonchev–Trinajstić information content (AvgIpc) is 3.39. The van der Waals surface area contributed by atoms with Crippen molar-refractivity contribution < 1.29 is 4.74 Å². The van der Waals surface area contributed by atoms with Crippen molar-refractivity contribution in [3.05, 3.63) is 118 Å². The Bertz CT molecular complexity index is 1610. The molecule has 1 aliphatic rings. The molecule has 1 unspecified atom stereocenters. The Morgan fingerprint density at radius 2 is 1.62 bits per heavy atom. The van der Waals surface area contributed by atoms with Crippen molar-refractivity contribution in [2.24, 2.45) is 5.10 Å². The second-order valence-electron chi connectivity index (χ2n) is 8.79. The highest BCUT2D eigenvalue weighted by Gasteiger charge is 2.32. The Kier molecular flexibility index (Phi) is 6.37. The van der Waals surface area contributed by atoms with Gasteiger partial charge in [0.1, 0.15) is 5.75 Å². The molecule has 4 aromatic carbocycles. The van der Waals surface area contributed by atoms with Crippen LogP contribution in [0.1, 0.15) is 23.6 Å². The first-order chi connectivity index (χ1) is 18.1. The molecule has 0 bridgehead atoms. The zero-order valence-electron chi connectivity index (χ0n) is 20.0. The highest BCUT2D eigenvalue weighted by atomic mass is 79.9. The summed E-state index contributed by atoms with van der Waals surface area (Å²) in [5.74, 6) is 1.36. The normalized spacial score (nSPS) is 15.2. The van der Waals surface area contributed by atoms with E-state index in [4.69, 9.17) is 31.4 Å². The van der Waals surface area contributed by atoms with E-state index in [1.807, 2.05) is 65.7 Å². The highest BCUT2D eigenvalue weighted by molar-refractivity contribution is 9.10. The lowest BCUT2D eigenvalue weighted by molar-refractivity contribution is 0.415. The summed E-state index contributed by atoms with van der Waals surface area (Å²) in [6.07, 6.45) is 0.719. The van der Waals surface area contributed by atoms with Crippen molar-refractivity contribution in [2.75, 3.05) is 12.1 Å². The zero-order chi connectivity index (χ0) is 25.4. The maximum atomic E-state index is 6.37. The van der Waals surface area contributed by atoms with Crippen LogP contribution in [-0.4, -0.2) is 22.8 Å². The van der Waals surface area contributed by atoms with Crippen LogP contribution in [0.15, 0.2) is 107 Å². The molecule has 0 aliphatic carbocycles. The van der Waals surface area contributed by atoms with Crippen LogP contribution in [0.5, 0.6) is 5.75 Å². The number of hydrazone groups is 1. The largest absolute Gasteiger partial charge is 0.497 e. The minimum absolute atomic E-state index is 0.0569. The van der Waals surface area contributed by atoms with Gasteiger partial charge >= 0.3 is 0 Å². The van der Waals surface area contributed by atoms with Gasteiger partial charge in [-0.15, -0.1) is 0 Å². The van der Waals surface area contributed by atoms with Gasteiger partial charge < -0.3 is 4.74 Å². The van der Waals surface area contributed by atoms with Crippen molar-refractivity contribution in [3.8, 4) is 17.0 Å². The summed E-state index contributed by atoms with van der Waals surface area (Å²) in [5.41, 5.74) is 5.79. The van der Waals surface area contributed by atoms with Crippen LogP contribution in [0.4, 0.5) is 5.95 Å². The Morgan fingerprint density at radius 3 is 2.35 bits per heavy atom. The molecule has 1 atom stereocenters. The summed E-state index contributed by atoms with van der Waals surface area (Å²) in [7, 11) is 1.67. The molecular formula is C30H22BrClN4O. The molecular weight excluding hydrogens is 548 g/mol. The molecule has 0 saturated heterocycles. The molecule has 5 nitrogen and oxygen atoms in total. The van der Waals surface area contributed by atoms with Crippen molar-refractivity contribution in [1.82, 2.24) is 9.97 Å². The van der Waals surface area contributed by atoms with Crippen LogP contribution in [0.25, 0.3) is 22.2 Å². The lowest BCUT2D eigenvalue weighted by Gasteiger charge is -2.23. The molecule has 37 heavy (non-hydrogen) atoms. The molecule has 0 fully saturated rings. The van der Waals surface area contributed by atoms with Gasteiger partial charge in [-0.25, -0.2) is 15.0 Å². The Hall–Kier alpha value is -3.74. The topological polar surface area (TPSA) is 50.6 Å². The first-order valence-corrected chi connectivity index (χ1v) is 13.1. The molecule has 5 aromatic rings. The first-order valence-electron chi connectivity index (χ1n) is 11.9. The molecule has 182 valence electrons. The quantitative estimate of drug-likeness (QED) is 0.215. The average molecular weight is 570 g/mol. The van der Waals surface area contributed by atoms with Gasteiger partial charge in [0.05, 0.1) is 30.1 Å². The summed E-state index contributed by atoms with van der Waals surface area (Å²) in [4.78, 5) is 10.0. The Balaban J connectivity index is 1.52. The fourth-order valence-corrected chi connectivity index (χ4v) is 5.04. The second-order valence-corrected chi connectivity index (χ2v) is 10.1. The van der Waals surface area contributed by atoms with E-state index < -0.39 is 0 Å². The Labute approximate surface area is 228 Å². The molecule has 0 saturated carbocycles. The SMILES string of the molecule is COc1ccc(C2=NN(c3nc(-c4ccccc4)c4cc(Cl)ccc4n3)C(c3ccc(Br)cc3)C2)cc1. The maximum Gasteiger partial charge on any atom is 0.247 e. The monoisotopic (exact) mass is 568 g/mol. The van der Waals surface area contributed by atoms with Crippen molar-refractivity contribution in [1.29, 1.82) is 0 Å². The number of fused-ring (bicyclic) bond motifs is 1. The molecule has 7 heteroatoms. The van der Waals surface area contributed by atoms with Crippen molar-refractivity contribution >= 4 is 50.1 Å². The molecule has 0 spiro atoms. The lowest BCUT2D eigenvalue weighted by Crippen LogP contribution is -2.21. The van der Waals surface area contributed by atoms with Gasteiger partial charge in [-0.05, 0) is 65.7 Å². The van der Waals surface area contributed by atoms with E-state index >= 15 is 0 Å². The summed E-state index contributed by atoms with van der Waals surface area (Å²) in [6.45, 7) is 0. The summed E-state index contributed by atoms with van der Waals surface area (Å²) in [5, 5.41) is 8.57. The van der Waals surface area contributed by atoms with Gasteiger partial charge in [-0.1, -0.05) is 70.0 Å². The molecule has 1 aliphatic heterocycles. The van der Waals surface area contributed by atoms with E-state index in [-0.39, 0.29) is 6.04 Å². The van der Waals surface area contributed by atoms with E-state index in [0.717, 1.165) is 55.6 Å². The van der Waals surface area contributed by atoms with E-state index in [1.165, 1.54) is 0 Å². The fourth-order valence-electron chi connectivity index (χ4n) is 4.60. The van der Waals surface area contributed by atoms with Gasteiger partial charge in [-0.3, -0.25) is 0 Å². The number of rotatable bonds is 5. The van der Waals surface area contributed by atoms with Crippen molar-refractivity contribution in [2.45, 2.75) is 12.5 Å². The second kappa shape index (κ2) is 9.96. The third kappa shape index (κ3) is 4.70. The van der Waals surface area contributed by atoms with Crippen LogP contribution < -0.4 is 9.75 Å². The number of methoxy groups -OCH3 is 1. The van der Waals surface area contributed by atoms with E-state index in [0.29, 0.717) is 11.0 Å². The third-order valence-corrected chi connectivity index (χ3v) is 7.25. The van der Waals surface area contributed by atoms with Gasteiger partial charge in [0.15, 0.2) is 0 Å². The Morgan fingerprint density at radius 1 is 0.865 bits per heavy atom. The molecule has 0 amide bonds. The number of benzene rings is 4. The summed E-state index contributed by atoms with van der Waals surface area (Å²) < 4.78 is 6.37. The lowest BCUT2D eigenvalue weighted by atomic mass is 9.98. The fraction of sp³-hybridized carbons (Fsp3) is 0.100. The summed E-state index contributed by atoms with van der Waals surface area (Å²) in [6, 6.07) is 32.1. The zero-order valence-corrected chi connectivity index (χ0v) is 22.3. The standard InChI is InChI=1S/C30H22BrClN4O/c1-37-24-14-9-19(10-15-24)27-18-28(20-7-11-22(31)12-8-20)36(35-27)30-33-26-16-13-23(32)17-25(26)29(34-30)21-5-3-2-4-6-21/h2-17,28H,18H2,1H3. The number of anilines is 1. The van der Waals surface area contributed by atoms with E-state index in [9.17, 15) is 0 Å². The van der Waals surface area contributed by atoms with Crippen LogP contribution in [-0.2, 0) is 0 Å². The third-order valence-electron chi connectivity index (χ3n) is 6.49. The predicted octanol–water partition coefficient (Wildman–Crippen LogP) is 8.08. The molecule has 0 N–H and O–H groups in total. The van der Waals surface area contributed by atoms with Gasteiger partial charge in [0, 0.05) is 26.9 Å². The molecule has 6 rings (SSSR count). The van der Waals surface area contributed by atoms with E-state index in [2.05, 4.69) is 52.3 Å². The van der Waals surface area contributed by atoms with Crippen LogP contribution >= 0.6 is 27.5 Å². The highest BCUT2D eigenvalue weighted by Crippen LogP contribution is 2.38. The number of halogens is 2. The predicted molar refractivity (Wildman–Crippen MR) is 153 cm³/mol. The molecule has 1 aromatic heterocycles. The van der Waals surface area contributed by atoms with Gasteiger partial charge in [-0.2, -0.15) is 5.10 Å². The van der Waals surface area contributed by atoms with Crippen LogP contribution in [0.2, 0.25) is 5.02 Å². The number of aromatic nitrogens is 2. The molecule has 2 heterocycles. The summed E-state index contributed by atoms with van der Waals surface area (Å²) >= 11 is 9.92. The molecule has 0 radical (unpaired) electrons. The first kappa shape index (κ1) is 23.6. The maximum absolute atomic E-state index is 6.37. The van der Waals surface area contributed by atoms with Crippen LogP contribution in [0.3, 0.4) is 0 Å². The number of hydrogen-bond donors (Lipinski definition) is 0. The minimum Gasteiger partial charge on any atom is -0.497 e. The van der Waals surface area contributed by atoms with Gasteiger partial charge in [0.25, 0.3) is 0 Å². The number of nitrogens with zero attached hydrogens (tertiary/aromatic N) is 4. The number of ether oxygens (including phenoxy) is 1.